The predicted molar refractivity (Wildman–Crippen MR) is 241 cm³/mol. The summed E-state index contributed by atoms with van der Waals surface area (Å²) in [5, 5.41) is 10.8. The number of benzene rings is 1. The van der Waals surface area contributed by atoms with Crippen LogP contribution in [0.1, 0.15) is 204 Å². The van der Waals surface area contributed by atoms with Crippen LogP contribution in [-0.2, 0) is 13.1 Å². The monoisotopic (exact) mass is 863 g/mol. The summed E-state index contributed by atoms with van der Waals surface area (Å²) in [7, 11) is 1.31. The van der Waals surface area contributed by atoms with E-state index in [1.165, 1.54) is 212 Å². The lowest BCUT2D eigenvalue weighted by Crippen LogP contribution is -3.00. The highest BCUT2D eigenvalue weighted by atomic mass is 35.5. The summed E-state index contributed by atoms with van der Waals surface area (Å²) in [6.45, 7) is 6.94. The topological polar surface area (TPSA) is 57.1 Å². The molecule has 0 bridgehead atoms. The Kier molecular flexibility index (Phi) is 39.7. The average molecular weight is 865 g/mol. The lowest BCUT2D eigenvalue weighted by molar-refractivity contribution is -0.697. The quantitative estimate of drug-likeness (QED) is 0.0464. The standard InChI is InChI=1S/2C21H38N.C8H6Cl2O3.ClH/c2*1-2-3-4-5-6-7-8-9-10-11-12-13-14-16-19-22-20-17-15-18-21-22;1-13-7-5(10)3-2-4(9)6(7)8(11)12;/h2*15,17-18,20-21H,2-14,16,19H2,1H3;2-3H,1H3,(H,11,12);1H/q2*+1;;/p-2. The molecule has 5 nitrogen and oxygen atoms in total. The number of carbonyl (C=O) groups excluding carboxylic acids is 1. The summed E-state index contributed by atoms with van der Waals surface area (Å²) in [5.74, 6) is -1.39. The van der Waals surface area contributed by atoms with Gasteiger partial charge in [0.15, 0.2) is 24.8 Å². The first-order chi connectivity index (χ1) is 27.9. The predicted octanol–water partition coefficient (Wildman–Crippen LogP) is 11.3. The smallest absolute Gasteiger partial charge is 0.168 e. The SMILES string of the molecule is CCCCCCCCCCCCCCCC[n+]1ccccc1.CCCCCCCCCCCCCCCC[n+]1ccccc1.COc1c(Cl)ccc(Cl)c1C(=O)[O-].[Cl-]. The van der Waals surface area contributed by atoms with E-state index in [1.54, 1.807) is 0 Å². The molecule has 3 aromatic rings. The molecule has 0 amide bonds. The number of aryl methyl sites for hydroxylation is 2. The van der Waals surface area contributed by atoms with Crippen molar-refractivity contribution in [2.24, 2.45) is 0 Å². The number of aromatic carboxylic acids is 1. The van der Waals surface area contributed by atoms with Crippen molar-refractivity contribution in [3.8, 4) is 5.75 Å². The molecule has 0 saturated carbocycles. The molecule has 8 heteroatoms. The Morgan fingerprint density at radius 2 is 0.759 bits per heavy atom. The number of carbonyl (C=O) groups is 1. The van der Waals surface area contributed by atoms with E-state index in [4.69, 9.17) is 27.9 Å². The van der Waals surface area contributed by atoms with E-state index < -0.39 is 5.97 Å². The fraction of sp³-hybridized carbons (Fsp3) is 0.660. The number of carboxylic acid groups (broad SMARTS) is 1. The van der Waals surface area contributed by atoms with Crippen LogP contribution in [0.3, 0.4) is 0 Å². The first-order valence-electron chi connectivity index (χ1n) is 23.1. The highest BCUT2D eigenvalue weighted by Gasteiger charge is 2.12. The van der Waals surface area contributed by atoms with Crippen LogP contribution in [0.15, 0.2) is 73.3 Å². The number of unbranched alkanes of at least 4 members (excludes halogenated alkanes) is 26. The molecule has 0 radical (unpaired) electrons. The number of methoxy groups -OCH3 is 1. The van der Waals surface area contributed by atoms with Gasteiger partial charge in [0.2, 0.25) is 0 Å². The Morgan fingerprint density at radius 1 is 0.483 bits per heavy atom. The molecule has 3 rings (SSSR count). The Morgan fingerprint density at radius 3 is 1.02 bits per heavy atom. The first-order valence-corrected chi connectivity index (χ1v) is 23.8. The molecule has 1 aromatic carbocycles. The van der Waals surface area contributed by atoms with Gasteiger partial charge in [0.1, 0.15) is 18.8 Å². The van der Waals surface area contributed by atoms with Gasteiger partial charge in [-0.05, 0) is 25.0 Å². The number of rotatable bonds is 32. The Balaban J connectivity index is 0.000000861. The molecule has 0 atom stereocenters. The Bertz CT molecular complexity index is 1260. The van der Waals surface area contributed by atoms with E-state index in [-0.39, 0.29) is 33.8 Å². The molecular formula is C50H81Cl3N2O3. The maximum Gasteiger partial charge on any atom is 0.168 e. The van der Waals surface area contributed by atoms with Crippen LogP contribution in [0.4, 0.5) is 0 Å². The largest absolute Gasteiger partial charge is 1.00 e. The second-order valence-electron chi connectivity index (χ2n) is 15.6. The van der Waals surface area contributed by atoms with Crippen molar-refractivity contribution in [2.75, 3.05) is 7.11 Å². The first kappa shape index (κ1) is 55.7. The Hall–Kier alpha value is -2.34. The van der Waals surface area contributed by atoms with Gasteiger partial charge < -0.3 is 27.0 Å². The zero-order valence-corrected chi connectivity index (χ0v) is 39.2. The maximum absolute atomic E-state index is 10.6. The van der Waals surface area contributed by atoms with Crippen LogP contribution in [0.5, 0.6) is 5.75 Å². The normalized spacial score (nSPS) is 10.5. The van der Waals surface area contributed by atoms with Gasteiger partial charge in [0, 0.05) is 37.1 Å². The summed E-state index contributed by atoms with van der Waals surface area (Å²) in [4.78, 5) is 10.6. The van der Waals surface area contributed by atoms with Crippen molar-refractivity contribution in [1.29, 1.82) is 0 Å². The third kappa shape index (κ3) is 31.6. The van der Waals surface area contributed by atoms with Gasteiger partial charge in [-0.3, -0.25) is 0 Å². The number of nitrogens with zero attached hydrogens (tertiary/aromatic N) is 2. The third-order valence-corrected chi connectivity index (χ3v) is 11.2. The molecule has 0 aliphatic carbocycles. The van der Waals surface area contributed by atoms with Crippen LogP contribution in [-0.4, -0.2) is 13.1 Å². The highest BCUT2D eigenvalue weighted by Crippen LogP contribution is 2.33. The molecular weight excluding hydrogens is 783 g/mol. The van der Waals surface area contributed by atoms with Crippen LogP contribution in [0.2, 0.25) is 10.0 Å². The van der Waals surface area contributed by atoms with Crippen LogP contribution in [0.25, 0.3) is 0 Å². The van der Waals surface area contributed by atoms with Crippen molar-refractivity contribution < 1.29 is 36.2 Å². The van der Waals surface area contributed by atoms with E-state index in [1.807, 2.05) is 0 Å². The van der Waals surface area contributed by atoms with Gasteiger partial charge >= 0.3 is 0 Å². The van der Waals surface area contributed by atoms with Gasteiger partial charge in [0.05, 0.1) is 28.7 Å². The molecule has 0 aliphatic heterocycles. The minimum atomic E-state index is -1.41. The van der Waals surface area contributed by atoms with Crippen molar-refractivity contribution >= 4 is 29.2 Å². The van der Waals surface area contributed by atoms with Crippen molar-refractivity contribution in [2.45, 2.75) is 207 Å². The summed E-state index contributed by atoms with van der Waals surface area (Å²) in [6, 6.07) is 15.5. The third-order valence-electron chi connectivity index (χ3n) is 10.6. The van der Waals surface area contributed by atoms with Crippen molar-refractivity contribution in [3.63, 3.8) is 0 Å². The zero-order valence-electron chi connectivity index (χ0n) is 36.9. The maximum atomic E-state index is 10.6. The zero-order chi connectivity index (χ0) is 41.4. The fourth-order valence-electron chi connectivity index (χ4n) is 7.07. The van der Waals surface area contributed by atoms with E-state index >= 15 is 0 Å². The lowest BCUT2D eigenvalue weighted by Gasteiger charge is -2.12. The number of aromatic nitrogens is 2. The summed E-state index contributed by atoms with van der Waals surface area (Å²) >= 11 is 11.3. The van der Waals surface area contributed by atoms with E-state index in [2.05, 4.69) is 84.2 Å². The van der Waals surface area contributed by atoms with Crippen molar-refractivity contribution in [3.05, 3.63) is 88.9 Å². The van der Waals surface area contributed by atoms with Gasteiger partial charge in [-0.25, -0.2) is 9.13 Å². The number of pyridine rings is 2. The number of hydrogen-bond acceptors (Lipinski definition) is 3. The molecule has 0 fully saturated rings. The van der Waals surface area contributed by atoms with Crippen LogP contribution >= 0.6 is 23.2 Å². The van der Waals surface area contributed by atoms with E-state index in [0.29, 0.717) is 0 Å². The molecule has 0 unspecified atom stereocenters. The molecule has 0 aliphatic rings. The molecule has 0 spiro atoms. The number of carboxylic acids is 1. The van der Waals surface area contributed by atoms with E-state index in [9.17, 15) is 9.90 Å². The highest BCUT2D eigenvalue weighted by molar-refractivity contribution is 6.36. The summed E-state index contributed by atoms with van der Waals surface area (Å²) < 4.78 is 9.37. The molecule has 2 aromatic heterocycles. The van der Waals surface area contributed by atoms with Crippen LogP contribution in [0, 0.1) is 0 Å². The fourth-order valence-corrected chi connectivity index (χ4v) is 7.53. The van der Waals surface area contributed by atoms with Gasteiger partial charge in [-0.1, -0.05) is 203 Å². The molecule has 0 N–H and O–H groups in total. The minimum Gasteiger partial charge on any atom is -1.00 e. The Labute approximate surface area is 372 Å². The number of halogens is 3. The van der Waals surface area contributed by atoms with E-state index in [0.717, 1.165) is 0 Å². The molecule has 330 valence electrons. The number of hydrogen-bond donors (Lipinski definition) is 0. The number of ether oxygens (including phenoxy) is 1. The second kappa shape index (κ2) is 41.4. The van der Waals surface area contributed by atoms with Crippen molar-refractivity contribution in [1.82, 2.24) is 0 Å². The summed E-state index contributed by atoms with van der Waals surface area (Å²) in [6.07, 6.45) is 48.8. The molecule has 2 heterocycles. The lowest BCUT2D eigenvalue weighted by atomic mass is 10.0. The van der Waals surface area contributed by atoms with Gasteiger partial charge in [-0.15, -0.1) is 0 Å². The average Bonchev–Trinajstić information content (AvgIpc) is 3.23. The molecule has 58 heavy (non-hydrogen) atoms. The minimum absolute atomic E-state index is 0. The van der Waals surface area contributed by atoms with Gasteiger partial charge in [0.25, 0.3) is 0 Å². The summed E-state index contributed by atoms with van der Waals surface area (Å²) in [5.41, 5.74) is -0.225. The second-order valence-corrected chi connectivity index (χ2v) is 16.5. The van der Waals surface area contributed by atoms with Crippen LogP contribution < -0.4 is 31.4 Å². The molecule has 0 saturated heterocycles. The van der Waals surface area contributed by atoms with Gasteiger partial charge in [-0.2, -0.15) is 0 Å².